The maximum atomic E-state index is 13.0. The van der Waals surface area contributed by atoms with Crippen LogP contribution in [0.5, 0.6) is 11.5 Å². The van der Waals surface area contributed by atoms with Crippen molar-refractivity contribution >= 4 is 39.3 Å². The summed E-state index contributed by atoms with van der Waals surface area (Å²) in [5, 5.41) is 3.31. The molecule has 2 aromatic carbocycles. The van der Waals surface area contributed by atoms with E-state index < -0.39 is 6.04 Å². The molecule has 2 amide bonds. The molecule has 1 atom stereocenters. The molecule has 0 saturated heterocycles. The van der Waals surface area contributed by atoms with Crippen molar-refractivity contribution in [3.63, 3.8) is 0 Å². The van der Waals surface area contributed by atoms with E-state index in [0.29, 0.717) is 27.5 Å². The summed E-state index contributed by atoms with van der Waals surface area (Å²) in [4.78, 5) is 26.8. The highest BCUT2D eigenvalue weighted by molar-refractivity contribution is 9.10. The Morgan fingerprint density at radius 1 is 1.24 bits per heavy atom. The summed E-state index contributed by atoms with van der Waals surface area (Å²) in [5.74, 6) is 0.640. The number of methoxy groups -OCH3 is 1. The number of hydrogen-bond acceptors (Lipinski definition) is 4. The molecule has 156 valence electrons. The average Bonchev–Trinajstić information content (AvgIpc) is 2.71. The van der Waals surface area contributed by atoms with Gasteiger partial charge in [-0.3, -0.25) is 9.59 Å². The number of hydrogen-bond donors (Lipinski definition) is 1. The van der Waals surface area contributed by atoms with Gasteiger partial charge in [0.1, 0.15) is 17.5 Å². The number of nitrogens with one attached hydrogen (secondary N) is 1. The Kier molecular flexibility index (Phi) is 8.79. The second kappa shape index (κ2) is 11.1. The lowest BCUT2D eigenvalue weighted by atomic mass is 10.1. The number of benzene rings is 2. The second-order valence-electron chi connectivity index (χ2n) is 6.31. The maximum Gasteiger partial charge on any atom is 0.261 e. The quantitative estimate of drug-likeness (QED) is 0.584. The van der Waals surface area contributed by atoms with Crippen molar-refractivity contribution < 1.29 is 19.1 Å². The highest BCUT2D eigenvalue weighted by Crippen LogP contribution is 2.28. The summed E-state index contributed by atoms with van der Waals surface area (Å²) in [6.07, 6.45) is 0. The van der Waals surface area contributed by atoms with Crippen molar-refractivity contribution in [1.82, 2.24) is 10.2 Å². The second-order valence-corrected chi connectivity index (χ2v) is 7.60. The molecule has 8 heteroatoms. The van der Waals surface area contributed by atoms with Gasteiger partial charge >= 0.3 is 0 Å². The van der Waals surface area contributed by atoms with Crippen molar-refractivity contribution in [1.29, 1.82) is 0 Å². The molecule has 0 aliphatic rings. The fourth-order valence-corrected chi connectivity index (χ4v) is 3.48. The third-order valence-electron chi connectivity index (χ3n) is 4.25. The largest absolute Gasteiger partial charge is 0.497 e. The summed E-state index contributed by atoms with van der Waals surface area (Å²) in [6, 6.07) is 11.8. The molecule has 0 radical (unpaired) electrons. The van der Waals surface area contributed by atoms with Gasteiger partial charge < -0.3 is 19.7 Å². The monoisotopic (exact) mass is 482 g/mol. The van der Waals surface area contributed by atoms with Gasteiger partial charge in [-0.2, -0.15) is 0 Å². The lowest BCUT2D eigenvalue weighted by molar-refractivity contribution is -0.142. The maximum absolute atomic E-state index is 13.0. The number of halogens is 2. The average molecular weight is 484 g/mol. The molecule has 0 saturated carbocycles. The summed E-state index contributed by atoms with van der Waals surface area (Å²) >= 11 is 9.30. The van der Waals surface area contributed by atoms with E-state index in [0.717, 1.165) is 5.56 Å². The standard InChI is InChI=1S/C21H24BrClN2O4/c1-4-24-21(27)14(2)25(12-15-6-5-7-17(10-15)28-3)20(26)13-29-19-9-8-16(23)11-18(19)22/h5-11,14H,4,12-13H2,1-3H3,(H,24,27)/t14-/m1/s1. The van der Waals surface area contributed by atoms with Gasteiger partial charge in [-0.05, 0) is 65.7 Å². The minimum Gasteiger partial charge on any atom is -0.497 e. The number of amides is 2. The molecule has 1 N–H and O–H groups in total. The van der Waals surface area contributed by atoms with Gasteiger partial charge in [0.2, 0.25) is 5.91 Å². The van der Waals surface area contributed by atoms with Crippen LogP contribution in [0.1, 0.15) is 19.4 Å². The van der Waals surface area contributed by atoms with E-state index in [1.807, 2.05) is 31.2 Å². The Morgan fingerprint density at radius 2 is 2.00 bits per heavy atom. The minimum absolute atomic E-state index is 0.214. The van der Waals surface area contributed by atoms with Gasteiger partial charge in [-0.15, -0.1) is 0 Å². The molecule has 0 aromatic heterocycles. The van der Waals surface area contributed by atoms with Crippen LogP contribution in [0.4, 0.5) is 0 Å². The molecule has 0 bridgehead atoms. The van der Waals surface area contributed by atoms with Crippen molar-refractivity contribution in [3.05, 3.63) is 57.5 Å². The van der Waals surface area contributed by atoms with Gasteiger partial charge in [-0.1, -0.05) is 23.7 Å². The Bertz CT molecular complexity index is 862. The van der Waals surface area contributed by atoms with Crippen LogP contribution in [-0.2, 0) is 16.1 Å². The SMILES string of the molecule is CCNC(=O)[C@@H](C)N(Cc1cccc(OC)c1)C(=O)COc1ccc(Cl)cc1Br. The minimum atomic E-state index is -0.661. The molecule has 0 aliphatic heterocycles. The zero-order valence-electron chi connectivity index (χ0n) is 16.6. The Labute approximate surface area is 184 Å². The third-order valence-corrected chi connectivity index (χ3v) is 5.11. The molecule has 2 aromatic rings. The topological polar surface area (TPSA) is 67.9 Å². The Hall–Kier alpha value is -2.25. The summed E-state index contributed by atoms with van der Waals surface area (Å²) in [5.41, 5.74) is 0.849. The molecular weight excluding hydrogens is 460 g/mol. The number of nitrogens with zero attached hydrogens (tertiary/aromatic N) is 1. The van der Waals surface area contributed by atoms with Gasteiger partial charge in [0, 0.05) is 18.1 Å². The number of carbonyl (C=O) groups excluding carboxylic acids is 2. The third kappa shape index (κ3) is 6.65. The van der Waals surface area contributed by atoms with Crippen LogP contribution in [0.3, 0.4) is 0 Å². The van der Waals surface area contributed by atoms with Crippen LogP contribution in [0.25, 0.3) is 0 Å². The Balaban J connectivity index is 2.18. The van der Waals surface area contributed by atoms with Crippen LogP contribution in [0, 0.1) is 0 Å². The molecule has 0 unspecified atom stereocenters. The fraction of sp³-hybridized carbons (Fsp3) is 0.333. The lowest BCUT2D eigenvalue weighted by Gasteiger charge is -2.28. The van der Waals surface area contributed by atoms with Gasteiger partial charge in [0.15, 0.2) is 6.61 Å². The molecule has 0 fully saturated rings. The normalized spacial score (nSPS) is 11.5. The molecule has 29 heavy (non-hydrogen) atoms. The first-order valence-electron chi connectivity index (χ1n) is 9.13. The van der Waals surface area contributed by atoms with E-state index >= 15 is 0 Å². The molecule has 0 spiro atoms. The van der Waals surface area contributed by atoms with Crippen molar-refractivity contribution in [2.45, 2.75) is 26.4 Å². The lowest BCUT2D eigenvalue weighted by Crippen LogP contribution is -2.49. The molecule has 2 rings (SSSR count). The van der Waals surface area contributed by atoms with E-state index in [-0.39, 0.29) is 25.0 Å². The van der Waals surface area contributed by atoms with Gasteiger partial charge in [0.05, 0.1) is 11.6 Å². The predicted molar refractivity (Wildman–Crippen MR) is 116 cm³/mol. The predicted octanol–water partition coefficient (Wildman–Crippen LogP) is 4.04. The number of carbonyl (C=O) groups is 2. The van der Waals surface area contributed by atoms with Crippen molar-refractivity contribution in [3.8, 4) is 11.5 Å². The van der Waals surface area contributed by atoms with Crippen LogP contribution in [0.15, 0.2) is 46.9 Å². The summed E-state index contributed by atoms with van der Waals surface area (Å²) in [6.45, 7) is 4.05. The van der Waals surface area contributed by atoms with Crippen molar-refractivity contribution in [2.24, 2.45) is 0 Å². The molecule has 6 nitrogen and oxygen atoms in total. The molecule has 0 heterocycles. The van der Waals surface area contributed by atoms with E-state index in [1.54, 1.807) is 32.2 Å². The zero-order valence-corrected chi connectivity index (χ0v) is 18.9. The zero-order chi connectivity index (χ0) is 21.4. The van der Waals surface area contributed by atoms with E-state index in [1.165, 1.54) is 4.90 Å². The van der Waals surface area contributed by atoms with E-state index in [4.69, 9.17) is 21.1 Å². The first kappa shape index (κ1) is 23.0. The van der Waals surface area contributed by atoms with E-state index in [9.17, 15) is 9.59 Å². The Morgan fingerprint density at radius 3 is 2.66 bits per heavy atom. The van der Waals surface area contributed by atoms with Crippen LogP contribution in [0.2, 0.25) is 5.02 Å². The van der Waals surface area contributed by atoms with Gasteiger partial charge in [-0.25, -0.2) is 0 Å². The highest BCUT2D eigenvalue weighted by atomic mass is 79.9. The highest BCUT2D eigenvalue weighted by Gasteiger charge is 2.26. The first-order chi connectivity index (χ1) is 13.8. The summed E-state index contributed by atoms with van der Waals surface area (Å²) < 4.78 is 11.5. The van der Waals surface area contributed by atoms with Crippen LogP contribution >= 0.6 is 27.5 Å². The molecular formula is C21H24BrClN2O4. The first-order valence-corrected chi connectivity index (χ1v) is 10.3. The van der Waals surface area contributed by atoms with E-state index in [2.05, 4.69) is 21.2 Å². The van der Waals surface area contributed by atoms with Crippen LogP contribution < -0.4 is 14.8 Å². The number of likely N-dealkylation sites (N-methyl/N-ethyl adjacent to an activating group) is 1. The van der Waals surface area contributed by atoms with Crippen molar-refractivity contribution in [2.75, 3.05) is 20.3 Å². The fourth-order valence-electron chi connectivity index (χ4n) is 2.69. The van der Waals surface area contributed by atoms with Crippen LogP contribution in [-0.4, -0.2) is 43.0 Å². The molecule has 0 aliphatic carbocycles. The smallest absolute Gasteiger partial charge is 0.261 e. The summed E-state index contributed by atoms with van der Waals surface area (Å²) in [7, 11) is 1.58. The number of rotatable bonds is 9. The van der Waals surface area contributed by atoms with Gasteiger partial charge in [0.25, 0.3) is 5.91 Å². The number of ether oxygens (including phenoxy) is 2.